The third-order valence-electron chi connectivity index (χ3n) is 5.30. The summed E-state index contributed by atoms with van der Waals surface area (Å²) in [6, 6.07) is 9.56. The lowest BCUT2D eigenvalue weighted by Crippen LogP contribution is -2.44. The van der Waals surface area contributed by atoms with Crippen LogP contribution in [0.3, 0.4) is 0 Å². The number of carboxylic acid groups (broad SMARTS) is 4. The number of hydrogen-bond acceptors (Lipinski definition) is 8. The van der Waals surface area contributed by atoms with Crippen molar-refractivity contribution in [3.05, 3.63) is 74.9 Å². The summed E-state index contributed by atoms with van der Waals surface area (Å²) in [7, 11) is 2.19. The van der Waals surface area contributed by atoms with E-state index >= 15 is 0 Å². The van der Waals surface area contributed by atoms with Crippen LogP contribution in [0.5, 0.6) is 5.75 Å². The van der Waals surface area contributed by atoms with Crippen molar-refractivity contribution in [3.8, 4) is 5.75 Å². The molecule has 1 atom stereocenters. The van der Waals surface area contributed by atoms with Gasteiger partial charge in [-0.25, -0.2) is 19.2 Å². The van der Waals surface area contributed by atoms with Crippen LogP contribution in [0.25, 0.3) is 0 Å². The van der Waals surface area contributed by atoms with E-state index < -0.39 is 23.9 Å². The van der Waals surface area contributed by atoms with Crippen molar-refractivity contribution in [3.63, 3.8) is 0 Å². The number of piperazine rings is 1. The van der Waals surface area contributed by atoms with Crippen molar-refractivity contribution in [2.75, 3.05) is 39.8 Å². The highest BCUT2D eigenvalue weighted by Gasteiger charge is 2.18. The van der Waals surface area contributed by atoms with E-state index in [9.17, 15) is 19.2 Å². The number of ether oxygens (including phenoxy) is 1. The lowest BCUT2D eigenvalue weighted by Gasteiger charge is -2.32. The number of aliphatic carboxylic acids is 4. The molecule has 1 saturated heterocycles. The summed E-state index contributed by atoms with van der Waals surface area (Å²) in [4.78, 5) is 44.4. The Morgan fingerprint density at radius 1 is 0.902 bits per heavy atom. The molecular formula is C27H32Cl2N2O9S. The van der Waals surface area contributed by atoms with E-state index in [-0.39, 0.29) is 6.10 Å². The van der Waals surface area contributed by atoms with Gasteiger partial charge in [-0.3, -0.25) is 0 Å². The second kappa shape index (κ2) is 19.6. The molecular weight excluding hydrogens is 599 g/mol. The average molecular weight is 632 g/mol. The molecule has 0 saturated carbocycles. The summed E-state index contributed by atoms with van der Waals surface area (Å²) in [6.45, 7) is 5.73. The number of rotatable bonds is 11. The average Bonchev–Trinajstić information content (AvgIpc) is 3.45. The third-order valence-corrected chi connectivity index (χ3v) is 6.81. The third kappa shape index (κ3) is 17.1. The van der Waals surface area contributed by atoms with Gasteiger partial charge in [0.25, 0.3) is 0 Å². The molecule has 0 aliphatic carbocycles. The highest BCUT2D eigenvalue weighted by molar-refractivity contribution is 7.10. The van der Waals surface area contributed by atoms with Crippen LogP contribution in [0.4, 0.5) is 0 Å². The molecule has 14 heteroatoms. The Morgan fingerprint density at radius 2 is 1.44 bits per heavy atom. The molecule has 0 amide bonds. The Hall–Kier alpha value is -3.42. The first-order valence-corrected chi connectivity index (χ1v) is 13.8. The Morgan fingerprint density at radius 3 is 1.90 bits per heavy atom. The molecule has 1 aromatic heterocycles. The van der Waals surface area contributed by atoms with Crippen molar-refractivity contribution in [1.29, 1.82) is 0 Å². The van der Waals surface area contributed by atoms with Gasteiger partial charge in [0.2, 0.25) is 0 Å². The largest absolute Gasteiger partial charge is 0.483 e. The van der Waals surface area contributed by atoms with E-state index in [2.05, 4.69) is 34.4 Å². The van der Waals surface area contributed by atoms with Crippen molar-refractivity contribution < 1.29 is 44.3 Å². The lowest BCUT2D eigenvalue weighted by atomic mass is 10.1. The fourth-order valence-corrected chi connectivity index (χ4v) is 4.42. The monoisotopic (exact) mass is 630 g/mol. The fourth-order valence-electron chi connectivity index (χ4n) is 3.31. The van der Waals surface area contributed by atoms with Crippen molar-refractivity contribution in [2.24, 2.45) is 0 Å². The molecule has 0 spiro atoms. The van der Waals surface area contributed by atoms with Crippen molar-refractivity contribution >= 4 is 58.4 Å². The minimum Gasteiger partial charge on any atom is -0.483 e. The van der Waals surface area contributed by atoms with Crippen LogP contribution in [-0.4, -0.2) is 93.9 Å². The van der Waals surface area contributed by atoms with E-state index in [1.54, 1.807) is 29.5 Å². The first-order valence-electron chi connectivity index (χ1n) is 12.2. The van der Waals surface area contributed by atoms with Crippen LogP contribution in [0.15, 0.2) is 60.0 Å². The van der Waals surface area contributed by atoms with Gasteiger partial charge in [-0.1, -0.05) is 29.3 Å². The molecule has 11 nitrogen and oxygen atoms in total. The second-order valence-electron chi connectivity index (χ2n) is 8.50. The zero-order valence-corrected chi connectivity index (χ0v) is 24.5. The number of benzene rings is 1. The van der Waals surface area contributed by atoms with Gasteiger partial charge in [0.05, 0.1) is 5.02 Å². The van der Waals surface area contributed by atoms with E-state index in [1.165, 1.54) is 4.88 Å². The summed E-state index contributed by atoms with van der Waals surface area (Å²) >= 11 is 14.1. The van der Waals surface area contributed by atoms with Crippen LogP contribution in [-0.2, 0) is 19.2 Å². The van der Waals surface area contributed by atoms with E-state index in [0.717, 1.165) is 45.6 Å². The van der Waals surface area contributed by atoms with E-state index in [0.29, 0.717) is 40.1 Å². The SMILES string of the molecule is CN1CCN(CCCC(Oc2cc(Cl)ccc2Cl)c2cccs2)CC1.O=C(O)C=CC(=O)O.O=C(O)C=CC(=O)O. The molecule has 1 aliphatic heterocycles. The molecule has 0 bridgehead atoms. The zero-order chi connectivity index (χ0) is 30.8. The Kier molecular flexibility index (Phi) is 17.0. The number of likely N-dealkylation sites (N-methyl/N-ethyl adjacent to an activating group) is 1. The summed E-state index contributed by atoms with van der Waals surface area (Å²) in [5.74, 6) is -4.37. The number of nitrogens with zero attached hydrogens (tertiary/aromatic N) is 2. The van der Waals surface area contributed by atoms with Gasteiger partial charge in [-0.05, 0) is 50.0 Å². The summed E-state index contributed by atoms with van der Waals surface area (Å²) < 4.78 is 6.24. The maximum absolute atomic E-state index is 9.55. The molecule has 1 unspecified atom stereocenters. The molecule has 1 aliphatic rings. The summed E-state index contributed by atoms with van der Waals surface area (Å²) in [6.07, 6.45) is 4.32. The van der Waals surface area contributed by atoms with Crippen LogP contribution < -0.4 is 4.74 Å². The van der Waals surface area contributed by atoms with Crippen LogP contribution in [0, 0.1) is 0 Å². The molecule has 2 heterocycles. The smallest absolute Gasteiger partial charge is 0.328 e. The molecule has 0 radical (unpaired) electrons. The van der Waals surface area contributed by atoms with Gasteiger partial charge in [-0.2, -0.15) is 0 Å². The zero-order valence-electron chi connectivity index (χ0n) is 22.2. The highest BCUT2D eigenvalue weighted by Crippen LogP contribution is 2.34. The first-order chi connectivity index (χ1) is 19.4. The van der Waals surface area contributed by atoms with Gasteiger partial charge in [-0.15, -0.1) is 11.3 Å². The Labute approximate surface area is 251 Å². The molecule has 224 valence electrons. The molecule has 1 fully saturated rings. The molecule has 2 aromatic rings. The Balaban J connectivity index is 0.000000433. The molecule has 4 N–H and O–H groups in total. The van der Waals surface area contributed by atoms with Gasteiger partial charge in [0.15, 0.2) is 0 Å². The van der Waals surface area contributed by atoms with Crippen LogP contribution in [0.2, 0.25) is 10.0 Å². The minimum atomic E-state index is -1.26. The fraction of sp³-hybridized carbons (Fsp3) is 0.333. The number of carbonyl (C=O) groups is 4. The maximum Gasteiger partial charge on any atom is 0.328 e. The number of hydrogen-bond donors (Lipinski definition) is 4. The summed E-state index contributed by atoms with van der Waals surface area (Å²) in [5, 5.41) is 34.6. The number of carboxylic acids is 4. The van der Waals surface area contributed by atoms with Crippen molar-refractivity contribution in [1.82, 2.24) is 9.80 Å². The number of halogens is 2. The predicted octanol–water partition coefficient (Wildman–Crippen LogP) is 4.63. The quantitative estimate of drug-likeness (QED) is 0.256. The Bertz CT molecular complexity index is 1120. The highest BCUT2D eigenvalue weighted by atomic mass is 35.5. The molecule has 1 aromatic carbocycles. The van der Waals surface area contributed by atoms with Gasteiger partial charge < -0.3 is 35.0 Å². The van der Waals surface area contributed by atoms with Gasteiger partial charge in [0, 0.05) is 66.4 Å². The van der Waals surface area contributed by atoms with Crippen LogP contribution in [0.1, 0.15) is 23.8 Å². The minimum absolute atomic E-state index is 0.0171. The predicted molar refractivity (Wildman–Crippen MR) is 156 cm³/mol. The molecule has 3 rings (SSSR count). The first kappa shape index (κ1) is 35.6. The standard InChI is InChI=1S/C19H24Cl2N2OS.2C4H4O4/c1-22-9-11-23(12-10-22)8-2-4-17(19-5-3-13-25-19)24-18-14-15(20)6-7-16(18)21;2*5-3(6)1-2-4(7)8/h3,5-7,13-14,17H,2,4,8-12H2,1H3;2*1-2H,(H,5,6)(H,7,8). The van der Waals surface area contributed by atoms with Gasteiger partial charge >= 0.3 is 23.9 Å². The topological polar surface area (TPSA) is 165 Å². The number of thiophene rings is 1. The van der Waals surface area contributed by atoms with E-state index in [4.69, 9.17) is 48.4 Å². The van der Waals surface area contributed by atoms with Gasteiger partial charge in [0.1, 0.15) is 11.9 Å². The van der Waals surface area contributed by atoms with Crippen LogP contribution >= 0.6 is 34.5 Å². The second-order valence-corrected chi connectivity index (χ2v) is 10.3. The molecule has 41 heavy (non-hydrogen) atoms. The van der Waals surface area contributed by atoms with Crippen molar-refractivity contribution in [2.45, 2.75) is 18.9 Å². The summed E-state index contributed by atoms with van der Waals surface area (Å²) in [5.41, 5.74) is 0. The maximum atomic E-state index is 9.55. The normalized spacial score (nSPS) is 14.4. The lowest BCUT2D eigenvalue weighted by molar-refractivity contribution is -0.134. The van der Waals surface area contributed by atoms with E-state index in [1.807, 2.05) is 0 Å².